The van der Waals surface area contributed by atoms with Crippen molar-refractivity contribution in [2.75, 3.05) is 18.2 Å². The van der Waals surface area contributed by atoms with Crippen molar-refractivity contribution in [3.63, 3.8) is 0 Å². The van der Waals surface area contributed by atoms with Crippen molar-refractivity contribution in [2.45, 2.75) is 11.3 Å². The van der Waals surface area contributed by atoms with Gasteiger partial charge in [0.15, 0.2) is 10.1 Å². The molecule has 0 radical (unpaired) electrons. The fourth-order valence-electron chi connectivity index (χ4n) is 2.95. The second-order valence-corrected chi connectivity index (χ2v) is 8.31. The number of aromatic nitrogens is 3. The van der Waals surface area contributed by atoms with Crippen molar-refractivity contribution in [1.29, 1.82) is 0 Å². The number of aryl methyl sites for hydroxylation is 1. The lowest BCUT2D eigenvalue weighted by atomic mass is 10.1. The van der Waals surface area contributed by atoms with Crippen LogP contribution in [-0.2, 0) is 0 Å². The Hall–Kier alpha value is -2.84. The van der Waals surface area contributed by atoms with Crippen LogP contribution >= 0.6 is 23.1 Å². The number of ether oxygens (including phenoxy) is 1. The molecule has 4 rings (SSSR count). The molecule has 2 heterocycles. The predicted octanol–water partition coefficient (Wildman–Crippen LogP) is 5.06. The number of fused-ring (bicyclic) bond motifs is 1. The normalized spacial score (nSPS) is 10.9. The summed E-state index contributed by atoms with van der Waals surface area (Å²) in [5.74, 6) is 1.20. The van der Waals surface area contributed by atoms with Gasteiger partial charge < -0.3 is 15.0 Å². The Balaban J connectivity index is 1.41. The molecule has 0 amide bonds. The van der Waals surface area contributed by atoms with Crippen LogP contribution < -0.4 is 10.1 Å². The standard InChI is InChI=1S/C20H18N4O2S2/c1-12-18(15-5-3-4-6-16(15)21-12)17(25)11-27-20-24-23-19(28-20)22-13-7-9-14(26-2)10-8-13/h3-10,21H,11H2,1-2H3,(H,22,23). The lowest BCUT2D eigenvalue weighted by Crippen LogP contribution is -2.03. The van der Waals surface area contributed by atoms with Crippen LogP contribution in [-0.4, -0.2) is 33.8 Å². The fourth-order valence-corrected chi connectivity index (χ4v) is 4.60. The fraction of sp³-hybridized carbons (Fsp3) is 0.150. The molecule has 0 aliphatic carbocycles. The molecule has 0 saturated carbocycles. The smallest absolute Gasteiger partial charge is 0.210 e. The molecule has 0 spiro atoms. The van der Waals surface area contributed by atoms with Crippen molar-refractivity contribution in [3.8, 4) is 5.75 Å². The van der Waals surface area contributed by atoms with Gasteiger partial charge in [0.25, 0.3) is 0 Å². The lowest BCUT2D eigenvalue weighted by molar-refractivity contribution is 0.102. The number of carbonyl (C=O) groups is 1. The second kappa shape index (κ2) is 8.04. The molecule has 4 aromatic rings. The average molecular weight is 411 g/mol. The maximum Gasteiger partial charge on any atom is 0.210 e. The number of nitrogens with zero attached hydrogens (tertiary/aromatic N) is 2. The summed E-state index contributed by atoms with van der Waals surface area (Å²) in [6.45, 7) is 1.93. The zero-order chi connectivity index (χ0) is 19.5. The van der Waals surface area contributed by atoms with Crippen LogP contribution in [0.4, 0.5) is 10.8 Å². The first kappa shape index (κ1) is 18.5. The summed E-state index contributed by atoms with van der Waals surface area (Å²) in [5.41, 5.74) is 3.53. The third kappa shape index (κ3) is 3.88. The zero-order valence-corrected chi connectivity index (χ0v) is 17.0. The van der Waals surface area contributed by atoms with Gasteiger partial charge in [0.1, 0.15) is 5.75 Å². The number of nitrogens with one attached hydrogen (secondary N) is 2. The number of hydrogen-bond donors (Lipinski definition) is 2. The van der Waals surface area contributed by atoms with Crippen LogP contribution in [0.3, 0.4) is 0 Å². The molecular formula is C20H18N4O2S2. The van der Waals surface area contributed by atoms with Crippen LogP contribution in [0.1, 0.15) is 16.1 Å². The number of benzene rings is 2. The minimum atomic E-state index is 0.0832. The molecule has 8 heteroatoms. The van der Waals surface area contributed by atoms with Crippen molar-refractivity contribution < 1.29 is 9.53 Å². The number of Topliss-reactive ketones (excluding diaryl/α,β-unsaturated/α-hetero) is 1. The van der Waals surface area contributed by atoms with E-state index in [0.717, 1.165) is 37.9 Å². The summed E-state index contributed by atoms with van der Waals surface area (Å²) in [6.07, 6.45) is 0. The number of hydrogen-bond acceptors (Lipinski definition) is 7. The van der Waals surface area contributed by atoms with Crippen LogP contribution in [0.25, 0.3) is 10.9 Å². The first-order valence-corrected chi connectivity index (χ1v) is 10.4. The second-order valence-electron chi connectivity index (χ2n) is 6.11. The molecule has 2 aromatic heterocycles. The Kier molecular flexibility index (Phi) is 5.31. The molecule has 0 aliphatic heterocycles. The third-order valence-corrected chi connectivity index (χ3v) is 6.22. The van der Waals surface area contributed by atoms with Gasteiger partial charge in [-0.15, -0.1) is 10.2 Å². The molecule has 142 valence electrons. The van der Waals surface area contributed by atoms with E-state index in [4.69, 9.17) is 4.74 Å². The Morgan fingerprint density at radius 3 is 2.75 bits per heavy atom. The highest BCUT2D eigenvalue weighted by Gasteiger charge is 2.17. The minimum Gasteiger partial charge on any atom is -0.497 e. The van der Waals surface area contributed by atoms with Crippen molar-refractivity contribution >= 4 is 50.6 Å². The molecule has 0 saturated heterocycles. The monoisotopic (exact) mass is 410 g/mol. The quantitative estimate of drug-likeness (QED) is 0.328. The first-order chi connectivity index (χ1) is 13.6. The van der Waals surface area contributed by atoms with Gasteiger partial charge in [0, 0.05) is 27.8 Å². The van der Waals surface area contributed by atoms with Crippen molar-refractivity contribution in [2.24, 2.45) is 0 Å². The number of rotatable bonds is 7. The van der Waals surface area contributed by atoms with Gasteiger partial charge in [-0.3, -0.25) is 4.79 Å². The number of H-pyrrole nitrogens is 1. The Bertz CT molecular complexity index is 1120. The highest BCUT2D eigenvalue weighted by molar-refractivity contribution is 8.01. The number of aromatic amines is 1. The number of ketones is 1. The first-order valence-electron chi connectivity index (χ1n) is 8.62. The molecular weight excluding hydrogens is 392 g/mol. The Morgan fingerprint density at radius 2 is 1.96 bits per heavy atom. The van der Waals surface area contributed by atoms with Crippen molar-refractivity contribution in [3.05, 3.63) is 59.8 Å². The number of thioether (sulfide) groups is 1. The molecule has 0 unspecified atom stereocenters. The average Bonchev–Trinajstić information content (AvgIpc) is 3.29. The van der Waals surface area contributed by atoms with E-state index in [9.17, 15) is 4.79 Å². The summed E-state index contributed by atoms with van der Waals surface area (Å²) in [4.78, 5) is 16.0. The van der Waals surface area contributed by atoms with Gasteiger partial charge in [0.05, 0.1) is 12.9 Å². The topological polar surface area (TPSA) is 79.9 Å². The van der Waals surface area contributed by atoms with E-state index in [1.54, 1.807) is 7.11 Å². The van der Waals surface area contributed by atoms with E-state index in [1.165, 1.54) is 23.1 Å². The van der Waals surface area contributed by atoms with Gasteiger partial charge in [-0.1, -0.05) is 41.3 Å². The third-order valence-electron chi connectivity index (χ3n) is 4.25. The van der Waals surface area contributed by atoms with Crippen molar-refractivity contribution in [1.82, 2.24) is 15.2 Å². The van der Waals surface area contributed by atoms with Gasteiger partial charge in [-0.2, -0.15) is 0 Å². The maximum absolute atomic E-state index is 12.8. The summed E-state index contributed by atoms with van der Waals surface area (Å²) < 4.78 is 5.90. The molecule has 0 aliphatic rings. The van der Waals surface area contributed by atoms with Crippen LogP contribution in [0, 0.1) is 6.92 Å². The lowest BCUT2D eigenvalue weighted by Gasteiger charge is -2.03. The van der Waals surface area contributed by atoms with Crippen LogP contribution in [0.5, 0.6) is 5.75 Å². The van der Waals surface area contributed by atoms with E-state index >= 15 is 0 Å². The van der Waals surface area contributed by atoms with Gasteiger partial charge in [0.2, 0.25) is 5.13 Å². The SMILES string of the molecule is COc1ccc(Nc2nnc(SCC(=O)c3c(C)[nH]c4ccccc34)s2)cc1. The zero-order valence-electron chi connectivity index (χ0n) is 15.4. The van der Waals surface area contributed by atoms with E-state index in [-0.39, 0.29) is 5.78 Å². The summed E-state index contributed by atoms with van der Waals surface area (Å²) >= 11 is 2.83. The predicted molar refractivity (Wildman–Crippen MR) is 114 cm³/mol. The molecule has 6 nitrogen and oxygen atoms in total. The van der Waals surface area contributed by atoms with E-state index < -0.39 is 0 Å². The van der Waals surface area contributed by atoms with E-state index in [1.807, 2.05) is 55.5 Å². The molecule has 0 fully saturated rings. The number of para-hydroxylation sites is 1. The van der Waals surface area contributed by atoms with Gasteiger partial charge >= 0.3 is 0 Å². The van der Waals surface area contributed by atoms with Gasteiger partial charge in [-0.25, -0.2) is 0 Å². The highest BCUT2D eigenvalue weighted by atomic mass is 32.2. The Labute approximate surface area is 170 Å². The van der Waals surface area contributed by atoms with E-state index in [2.05, 4.69) is 20.5 Å². The largest absolute Gasteiger partial charge is 0.497 e. The maximum atomic E-state index is 12.8. The van der Waals surface area contributed by atoms with E-state index in [0.29, 0.717) is 10.9 Å². The molecule has 2 N–H and O–H groups in total. The number of carbonyl (C=O) groups excluding carboxylic acids is 1. The number of anilines is 2. The summed E-state index contributed by atoms with van der Waals surface area (Å²) in [6, 6.07) is 15.4. The Morgan fingerprint density at radius 1 is 1.18 bits per heavy atom. The summed E-state index contributed by atoms with van der Waals surface area (Å²) in [7, 11) is 1.63. The molecule has 0 bridgehead atoms. The van der Waals surface area contributed by atoms with Gasteiger partial charge in [-0.05, 0) is 37.3 Å². The molecule has 28 heavy (non-hydrogen) atoms. The highest BCUT2D eigenvalue weighted by Crippen LogP contribution is 2.30. The molecule has 0 atom stereocenters. The number of methoxy groups -OCH3 is 1. The minimum absolute atomic E-state index is 0.0832. The van der Waals surface area contributed by atoms with Crippen LogP contribution in [0.15, 0.2) is 52.9 Å². The van der Waals surface area contributed by atoms with Crippen LogP contribution in [0.2, 0.25) is 0 Å². The molecule has 2 aromatic carbocycles. The summed E-state index contributed by atoms with van der Waals surface area (Å²) in [5, 5.41) is 13.2.